The summed E-state index contributed by atoms with van der Waals surface area (Å²) in [6.45, 7) is 3.07. The Morgan fingerprint density at radius 2 is 2.21 bits per heavy atom. The molecule has 0 aliphatic carbocycles. The third-order valence-corrected chi connectivity index (χ3v) is 6.01. The Bertz CT molecular complexity index is 952. The number of thiazole rings is 1. The Balaban J connectivity index is 1.54. The standard InChI is InChI=1S/C21H21ClN2O3S/c1-14-11-15(22)8-9-18(14)27-13-20(25)24(12-16-5-4-10-26-16)21-23-17-6-2-3-7-19(17)28-21/h2-3,6-9,11,16H,4-5,10,12-13H2,1H3/t16-/m1/s1. The Morgan fingerprint density at radius 1 is 1.36 bits per heavy atom. The van der Waals surface area contributed by atoms with Gasteiger partial charge in [0.25, 0.3) is 5.91 Å². The maximum atomic E-state index is 13.0. The molecule has 3 aromatic rings. The number of aryl methyl sites for hydroxylation is 1. The topological polar surface area (TPSA) is 51.7 Å². The van der Waals surface area contributed by atoms with Gasteiger partial charge < -0.3 is 9.47 Å². The minimum atomic E-state index is -0.135. The molecule has 0 unspecified atom stereocenters. The molecule has 7 heteroatoms. The number of carbonyl (C=O) groups excluding carboxylic acids is 1. The van der Waals surface area contributed by atoms with E-state index >= 15 is 0 Å². The largest absolute Gasteiger partial charge is 0.483 e. The highest BCUT2D eigenvalue weighted by Crippen LogP contribution is 2.30. The van der Waals surface area contributed by atoms with Gasteiger partial charge in [-0.2, -0.15) is 0 Å². The molecule has 4 rings (SSSR count). The number of amides is 1. The number of nitrogens with zero attached hydrogens (tertiary/aromatic N) is 2. The monoisotopic (exact) mass is 416 g/mol. The fraction of sp³-hybridized carbons (Fsp3) is 0.333. The Labute approximate surface area is 172 Å². The molecular weight excluding hydrogens is 396 g/mol. The average molecular weight is 417 g/mol. The molecule has 2 heterocycles. The predicted octanol–water partition coefficient (Wildman–Crippen LogP) is 4.85. The summed E-state index contributed by atoms with van der Waals surface area (Å²) in [6, 6.07) is 13.3. The Morgan fingerprint density at radius 3 is 2.96 bits per heavy atom. The molecule has 0 spiro atoms. The van der Waals surface area contributed by atoms with Crippen molar-refractivity contribution in [3.8, 4) is 5.75 Å². The van der Waals surface area contributed by atoms with Crippen molar-refractivity contribution in [3.63, 3.8) is 0 Å². The number of hydrogen-bond donors (Lipinski definition) is 0. The molecule has 1 amide bonds. The van der Waals surface area contributed by atoms with Crippen LogP contribution in [0, 0.1) is 6.92 Å². The second-order valence-electron chi connectivity index (χ2n) is 6.80. The van der Waals surface area contributed by atoms with Crippen molar-refractivity contribution < 1.29 is 14.3 Å². The molecular formula is C21H21ClN2O3S. The number of halogens is 1. The number of anilines is 1. The van der Waals surface area contributed by atoms with E-state index in [1.165, 1.54) is 11.3 Å². The van der Waals surface area contributed by atoms with Gasteiger partial charge in [-0.1, -0.05) is 35.1 Å². The van der Waals surface area contributed by atoms with Gasteiger partial charge in [0.15, 0.2) is 11.7 Å². The van der Waals surface area contributed by atoms with Crippen molar-refractivity contribution in [2.75, 3.05) is 24.7 Å². The molecule has 0 radical (unpaired) electrons. The van der Waals surface area contributed by atoms with Gasteiger partial charge in [0, 0.05) is 11.6 Å². The third-order valence-electron chi connectivity index (χ3n) is 4.71. The number of ether oxygens (including phenoxy) is 2. The fourth-order valence-electron chi connectivity index (χ4n) is 3.25. The van der Waals surface area contributed by atoms with Crippen molar-refractivity contribution in [1.82, 2.24) is 4.98 Å². The lowest BCUT2D eigenvalue weighted by Gasteiger charge is -2.23. The normalized spacial score (nSPS) is 16.4. The minimum absolute atomic E-state index is 0.0354. The smallest absolute Gasteiger partial charge is 0.266 e. The molecule has 2 aromatic carbocycles. The van der Waals surface area contributed by atoms with Gasteiger partial charge in [0.1, 0.15) is 5.75 Å². The summed E-state index contributed by atoms with van der Waals surface area (Å²) in [4.78, 5) is 19.4. The van der Waals surface area contributed by atoms with Gasteiger partial charge >= 0.3 is 0 Å². The van der Waals surface area contributed by atoms with Gasteiger partial charge in [0.2, 0.25) is 0 Å². The van der Waals surface area contributed by atoms with Crippen LogP contribution in [0.15, 0.2) is 42.5 Å². The molecule has 146 valence electrons. The first kappa shape index (κ1) is 19.2. The summed E-state index contributed by atoms with van der Waals surface area (Å²) < 4.78 is 12.6. The average Bonchev–Trinajstić information content (AvgIpc) is 3.34. The lowest BCUT2D eigenvalue weighted by atomic mass is 10.2. The summed E-state index contributed by atoms with van der Waals surface area (Å²) in [5.74, 6) is 0.517. The molecule has 1 fully saturated rings. The maximum absolute atomic E-state index is 13.0. The van der Waals surface area contributed by atoms with Crippen LogP contribution in [0.4, 0.5) is 5.13 Å². The van der Waals surface area contributed by atoms with Crippen molar-refractivity contribution in [3.05, 3.63) is 53.1 Å². The number of aromatic nitrogens is 1. The maximum Gasteiger partial charge on any atom is 0.266 e. The minimum Gasteiger partial charge on any atom is -0.483 e. The van der Waals surface area contributed by atoms with E-state index in [-0.39, 0.29) is 18.6 Å². The van der Waals surface area contributed by atoms with E-state index in [0.717, 1.165) is 35.2 Å². The van der Waals surface area contributed by atoms with Crippen LogP contribution in [0.1, 0.15) is 18.4 Å². The van der Waals surface area contributed by atoms with Gasteiger partial charge in [-0.25, -0.2) is 4.98 Å². The molecule has 1 aliphatic rings. The van der Waals surface area contributed by atoms with Gasteiger partial charge in [-0.3, -0.25) is 9.69 Å². The Kier molecular flexibility index (Phi) is 5.80. The second-order valence-corrected chi connectivity index (χ2v) is 8.25. The highest BCUT2D eigenvalue weighted by Gasteiger charge is 2.26. The van der Waals surface area contributed by atoms with Crippen molar-refractivity contribution in [1.29, 1.82) is 0 Å². The molecule has 0 bridgehead atoms. The number of hydrogen-bond acceptors (Lipinski definition) is 5. The molecule has 28 heavy (non-hydrogen) atoms. The predicted molar refractivity (Wildman–Crippen MR) is 113 cm³/mol. The van der Waals surface area contributed by atoms with Crippen molar-refractivity contribution in [2.45, 2.75) is 25.9 Å². The first-order valence-corrected chi connectivity index (χ1v) is 10.5. The van der Waals surface area contributed by atoms with Crippen LogP contribution in [0.2, 0.25) is 5.02 Å². The van der Waals surface area contributed by atoms with E-state index in [4.69, 9.17) is 21.1 Å². The number of carbonyl (C=O) groups is 1. The summed E-state index contributed by atoms with van der Waals surface area (Å²) in [5, 5.41) is 1.32. The van der Waals surface area contributed by atoms with Crippen LogP contribution in [-0.2, 0) is 9.53 Å². The zero-order chi connectivity index (χ0) is 19.5. The molecule has 0 N–H and O–H groups in total. The van der Waals surface area contributed by atoms with E-state index in [9.17, 15) is 4.79 Å². The van der Waals surface area contributed by atoms with Crippen LogP contribution in [-0.4, -0.2) is 36.8 Å². The van der Waals surface area contributed by atoms with Crippen molar-refractivity contribution in [2.24, 2.45) is 0 Å². The lowest BCUT2D eigenvalue weighted by Crippen LogP contribution is -2.40. The van der Waals surface area contributed by atoms with Crippen LogP contribution >= 0.6 is 22.9 Å². The number of fused-ring (bicyclic) bond motifs is 1. The van der Waals surface area contributed by atoms with Crippen LogP contribution < -0.4 is 9.64 Å². The Hall–Kier alpha value is -2.15. The zero-order valence-corrected chi connectivity index (χ0v) is 17.1. The second kappa shape index (κ2) is 8.47. The van der Waals surface area contributed by atoms with Gasteiger partial charge in [0.05, 0.1) is 22.9 Å². The molecule has 1 aromatic heterocycles. The highest BCUT2D eigenvalue weighted by atomic mass is 35.5. The van der Waals surface area contributed by atoms with Crippen LogP contribution in [0.25, 0.3) is 10.2 Å². The molecule has 1 atom stereocenters. The van der Waals surface area contributed by atoms with Crippen LogP contribution in [0.3, 0.4) is 0 Å². The SMILES string of the molecule is Cc1cc(Cl)ccc1OCC(=O)N(C[C@H]1CCCO1)c1nc2ccccc2s1. The van der Waals surface area contributed by atoms with Crippen molar-refractivity contribution >= 4 is 44.2 Å². The zero-order valence-electron chi connectivity index (χ0n) is 15.6. The summed E-state index contributed by atoms with van der Waals surface area (Å²) in [5.41, 5.74) is 1.79. The lowest BCUT2D eigenvalue weighted by molar-refractivity contribution is -0.120. The first-order valence-electron chi connectivity index (χ1n) is 9.26. The third kappa shape index (κ3) is 4.29. The molecule has 0 saturated carbocycles. The number of para-hydroxylation sites is 1. The molecule has 1 aliphatic heterocycles. The summed E-state index contributed by atoms with van der Waals surface area (Å²) >= 11 is 7.50. The molecule has 5 nitrogen and oxygen atoms in total. The van der Waals surface area contributed by atoms with E-state index in [1.54, 1.807) is 17.0 Å². The van der Waals surface area contributed by atoms with E-state index in [1.807, 2.05) is 37.3 Å². The highest BCUT2D eigenvalue weighted by molar-refractivity contribution is 7.22. The fourth-order valence-corrected chi connectivity index (χ4v) is 4.46. The van der Waals surface area contributed by atoms with E-state index in [2.05, 4.69) is 4.98 Å². The van der Waals surface area contributed by atoms with E-state index in [0.29, 0.717) is 22.4 Å². The number of rotatable bonds is 6. The number of benzene rings is 2. The quantitative estimate of drug-likeness (QED) is 0.576. The van der Waals surface area contributed by atoms with Gasteiger partial charge in [-0.05, 0) is 55.7 Å². The van der Waals surface area contributed by atoms with Crippen LogP contribution in [0.5, 0.6) is 5.75 Å². The summed E-state index contributed by atoms with van der Waals surface area (Å²) in [6.07, 6.45) is 2.01. The molecule has 1 saturated heterocycles. The first-order chi connectivity index (χ1) is 13.6. The van der Waals surface area contributed by atoms with E-state index < -0.39 is 0 Å². The summed E-state index contributed by atoms with van der Waals surface area (Å²) in [7, 11) is 0. The van der Waals surface area contributed by atoms with Gasteiger partial charge in [-0.15, -0.1) is 0 Å².